The van der Waals surface area contributed by atoms with Gasteiger partial charge in [-0.3, -0.25) is 14.6 Å². The Morgan fingerprint density at radius 3 is 2.65 bits per heavy atom. The summed E-state index contributed by atoms with van der Waals surface area (Å²) in [6.45, 7) is 3.07. The van der Waals surface area contributed by atoms with Crippen LogP contribution in [0.3, 0.4) is 0 Å². The van der Waals surface area contributed by atoms with E-state index in [1.807, 2.05) is 29.9 Å². The first-order valence-corrected chi connectivity index (χ1v) is 10.2. The van der Waals surface area contributed by atoms with Gasteiger partial charge in [0.25, 0.3) is 11.8 Å². The van der Waals surface area contributed by atoms with Crippen LogP contribution in [0.1, 0.15) is 35.1 Å². The van der Waals surface area contributed by atoms with E-state index in [2.05, 4.69) is 20.3 Å². The number of halogens is 2. The van der Waals surface area contributed by atoms with Gasteiger partial charge in [-0.15, -0.1) is 0 Å². The normalized spacial score (nSPS) is 18.7. The molecule has 2 aliphatic heterocycles. The monoisotopic (exact) mass is 428 g/mol. The van der Waals surface area contributed by atoms with Gasteiger partial charge in [-0.05, 0) is 25.1 Å². The van der Waals surface area contributed by atoms with Crippen LogP contribution < -0.4 is 0 Å². The fourth-order valence-electron chi connectivity index (χ4n) is 3.82. The molecule has 8 nitrogen and oxygen atoms in total. The molecule has 10 heteroatoms. The molecule has 0 radical (unpaired) electrons. The van der Waals surface area contributed by atoms with Gasteiger partial charge in [0.05, 0.1) is 24.9 Å². The summed E-state index contributed by atoms with van der Waals surface area (Å²) in [5.41, 5.74) is 2.42. The van der Waals surface area contributed by atoms with Gasteiger partial charge in [-0.25, -0.2) is 13.8 Å². The van der Waals surface area contributed by atoms with Crippen LogP contribution in [0.2, 0.25) is 0 Å². The molecule has 0 saturated carbocycles. The molecule has 2 fully saturated rings. The molecule has 0 atom stereocenters. The summed E-state index contributed by atoms with van der Waals surface area (Å²) in [6.07, 6.45) is 1.22. The van der Waals surface area contributed by atoms with Gasteiger partial charge >= 0.3 is 0 Å². The lowest BCUT2D eigenvalue weighted by Gasteiger charge is -2.32. The van der Waals surface area contributed by atoms with Crippen molar-refractivity contribution in [2.75, 3.05) is 26.3 Å². The van der Waals surface area contributed by atoms with Gasteiger partial charge in [0.1, 0.15) is 5.82 Å². The van der Waals surface area contributed by atoms with Gasteiger partial charge < -0.3 is 9.64 Å². The predicted molar refractivity (Wildman–Crippen MR) is 108 cm³/mol. The molecule has 3 aromatic rings. The summed E-state index contributed by atoms with van der Waals surface area (Å²) in [5.74, 6) is -1.79. The third-order valence-electron chi connectivity index (χ3n) is 5.77. The molecule has 162 valence electrons. The number of carbonyl (C=O) groups excluding carboxylic acids is 1. The molecule has 0 unspecified atom stereocenters. The number of hydrogen-bond acceptors (Lipinski definition) is 5. The maximum atomic E-state index is 13.6. The van der Waals surface area contributed by atoms with Crippen molar-refractivity contribution in [3.63, 3.8) is 0 Å². The highest BCUT2D eigenvalue weighted by molar-refractivity contribution is 6.01. The van der Waals surface area contributed by atoms with E-state index in [1.54, 1.807) is 12.1 Å². The second-order valence-corrected chi connectivity index (χ2v) is 8.03. The average molecular weight is 428 g/mol. The van der Waals surface area contributed by atoms with Crippen molar-refractivity contribution in [2.45, 2.75) is 31.7 Å². The van der Waals surface area contributed by atoms with Crippen molar-refractivity contribution in [1.29, 1.82) is 0 Å². The minimum atomic E-state index is -2.71. The molecule has 5 rings (SSSR count). The van der Waals surface area contributed by atoms with Crippen LogP contribution in [0.15, 0.2) is 30.5 Å². The molecule has 2 aromatic heterocycles. The molecule has 4 heterocycles. The number of hydrogen-bond donors (Lipinski definition) is 1. The number of aromatic nitrogens is 5. The molecule has 2 aliphatic rings. The smallest absolute Gasteiger partial charge is 0.254 e. The lowest BCUT2D eigenvalue weighted by molar-refractivity contribution is -0.0494. The maximum Gasteiger partial charge on any atom is 0.254 e. The highest BCUT2D eigenvalue weighted by Crippen LogP contribution is 2.32. The summed E-state index contributed by atoms with van der Waals surface area (Å²) in [6, 6.07) is 7.34. The lowest BCUT2D eigenvalue weighted by atomic mass is 9.98. The number of amides is 1. The Morgan fingerprint density at radius 1 is 1.23 bits per heavy atom. The Labute approximate surface area is 177 Å². The maximum absolute atomic E-state index is 13.6. The van der Waals surface area contributed by atoms with Crippen LogP contribution >= 0.6 is 0 Å². The number of aromatic amines is 1. The third-order valence-corrected chi connectivity index (χ3v) is 5.77. The summed E-state index contributed by atoms with van der Waals surface area (Å²) in [7, 11) is 0. The fourth-order valence-corrected chi connectivity index (χ4v) is 3.82. The molecular weight excluding hydrogens is 406 g/mol. The van der Waals surface area contributed by atoms with E-state index in [0.29, 0.717) is 41.7 Å². The Kier molecular flexibility index (Phi) is 4.81. The molecular formula is C21H22F2N6O2. The molecule has 1 N–H and O–H groups in total. The summed E-state index contributed by atoms with van der Waals surface area (Å²) in [5, 5.41) is 11.7. The quantitative estimate of drug-likeness (QED) is 0.690. The van der Waals surface area contributed by atoms with E-state index in [0.717, 1.165) is 5.56 Å². The number of aryl methyl sites for hydroxylation is 1. The Hall–Kier alpha value is -3.14. The van der Waals surface area contributed by atoms with Crippen LogP contribution in [0.4, 0.5) is 8.78 Å². The highest BCUT2D eigenvalue weighted by Gasteiger charge is 2.36. The van der Waals surface area contributed by atoms with E-state index in [4.69, 9.17) is 4.74 Å². The molecule has 0 bridgehead atoms. The number of ether oxygens (including phenoxy) is 1. The predicted octanol–water partition coefficient (Wildman–Crippen LogP) is 3.09. The standard InChI is InChI=1S/C21H22F2N6O2/c1-13-24-19(26-25-13)14-2-3-16(20(30)28-8-5-21(22,23)6-9-28)17(10-14)18-4-7-29(27-18)15-11-31-12-15/h2-4,7,10,15H,5-6,8-9,11-12H2,1H3,(H,24,25,26). The molecule has 31 heavy (non-hydrogen) atoms. The number of likely N-dealkylation sites (tertiary alicyclic amines) is 1. The molecule has 0 spiro atoms. The van der Waals surface area contributed by atoms with Gasteiger partial charge in [-0.2, -0.15) is 10.2 Å². The summed E-state index contributed by atoms with van der Waals surface area (Å²) < 4.78 is 34.2. The molecule has 1 amide bonds. The van der Waals surface area contributed by atoms with Crippen LogP contribution in [0, 0.1) is 6.92 Å². The fraction of sp³-hybridized carbons (Fsp3) is 0.429. The van der Waals surface area contributed by atoms with Crippen molar-refractivity contribution >= 4 is 5.91 Å². The van der Waals surface area contributed by atoms with E-state index in [9.17, 15) is 13.6 Å². The van der Waals surface area contributed by atoms with E-state index < -0.39 is 5.92 Å². The highest BCUT2D eigenvalue weighted by atomic mass is 19.3. The summed E-state index contributed by atoms with van der Waals surface area (Å²) >= 11 is 0. The molecule has 2 saturated heterocycles. The SMILES string of the molecule is Cc1nc(-c2ccc(C(=O)N3CCC(F)(F)CC3)c(-c3ccn(C4COC4)n3)c2)n[nH]1. The zero-order chi connectivity index (χ0) is 21.6. The Balaban J connectivity index is 1.52. The average Bonchev–Trinajstić information content (AvgIpc) is 3.35. The first kappa shape index (κ1) is 19.8. The van der Waals surface area contributed by atoms with Gasteiger partial charge in [-0.1, -0.05) is 6.07 Å². The van der Waals surface area contributed by atoms with Crippen molar-refractivity contribution in [3.05, 3.63) is 41.9 Å². The number of H-pyrrole nitrogens is 1. The van der Waals surface area contributed by atoms with Crippen molar-refractivity contribution < 1.29 is 18.3 Å². The Morgan fingerprint density at radius 2 is 2.00 bits per heavy atom. The van der Waals surface area contributed by atoms with Crippen LogP contribution in [0.25, 0.3) is 22.6 Å². The number of rotatable bonds is 4. The lowest BCUT2D eigenvalue weighted by Crippen LogP contribution is -2.42. The van der Waals surface area contributed by atoms with E-state index in [1.165, 1.54) is 4.90 Å². The minimum Gasteiger partial charge on any atom is -0.377 e. The third kappa shape index (κ3) is 3.83. The van der Waals surface area contributed by atoms with Crippen LogP contribution in [-0.2, 0) is 4.74 Å². The van der Waals surface area contributed by atoms with Crippen LogP contribution in [-0.4, -0.2) is 68.0 Å². The number of nitrogens with zero attached hydrogens (tertiary/aromatic N) is 5. The summed E-state index contributed by atoms with van der Waals surface area (Å²) in [4.78, 5) is 19.1. The minimum absolute atomic E-state index is 0.0288. The van der Waals surface area contributed by atoms with Gasteiger partial charge in [0.2, 0.25) is 0 Å². The van der Waals surface area contributed by atoms with Crippen LogP contribution in [0.5, 0.6) is 0 Å². The van der Waals surface area contributed by atoms with Crippen molar-refractivity contribution in [2.24, 2.45) is 0 Å². The zero-order valence-corrected chi connectivity index (χ0v) is 17.0. The number of piperidine rings is 1. The van der Waals surface area contributed by atoms with Crippen molar-refractivity contribution in [1.82, 2.24) is 29.9 Å². The molecule has 0 aliphatic carbocycles. The van der Waals surface area contributed by atoms with E-state index >= 15 is 0 Å². The zero-order valence-electron chi connectivity index (χ0n) is 17.0. The largest absolute Gasteiger partial charge is 0.377 e. The first-order valence-electron chi connectivity index (χ1n) is 10.2. The second-order valence-electron chi connectivity index (χ2n) is 8.03. The number of nitrogens with one attached hydrogen (secondary N) is 1. The topological polar surface area (TPSA) is 88.9 Å². The number of benzene rings is 1. The van der Waals surface area contributed by atoms with Gasteiger partial charge in [0.15, 0.2) is 5.82 Å². The number of carbonyl (C=O) groups is 1. The second kappa shape index (κ2) is 7.52. The molecule has 1 aromatic carbocycles. The van der Waals surface area contributed by atoms with Crippen molar-refractivity contribution in [3.8, 4) is 22.6 Å². The van der Waals surface area contributed by atoms with E-state index in [-0.39, 0.29) is 37.9 Å². The Bertz CT molecular complexity index is 1110. The first-order chi connectivity index (χ1) is 14.9. The number of alkyl halides is 2. The van der Waals surface area contributed by atoms with Gasteiger partial charge in [0, 0.05) is 48.8 Å².